The smallest absolute Gasteiger partial charge is 0.300 e. The lowest BCUT2D eigenvalue weighted by Crippen LogP contribution is -1.92. The number of anilines is 2. The molecule has 3 heteroatoms. The van der Waals surface area contributed by atoms with Gasteiger partial charge < -0.3 is 9.73 Å². The maximum absolute atomic E-state index is 5.79. The van der Waals surface area contributed by atoms with E-state index in [1.807, 2.05) is 24.3 Å². The van der Waals surface area contributed by atoms with Crippen molar-refractivity contribution in [3.05, 3.63) is 53.6 Å². The van der Waals surface area contributed by atoms with E-state index in [9.17, 15) is 0 Å². The van der Waals surface area contributed by atoms with Gasteiger partial charge in [-0.1, -0.05) is 37.6 Å². The zero-order chi connectivity index (χ0) is 13.9. The van der Waals surface area contributed by atoms with E-state index in [0.717, 1.165) is 29.6 Å². The number of aromatic nitrogens is 1. The van der Waals surface area contributed by atoms with Crippen molar-refractivity contribution in [1.82, 2.24) is 4.98 Å². The van der Waals surface area contributed by atoms with Crippen molar-refractivity contribution in [2.24, 2.45) is 0 Å². The molecule has 0 amide bonds. The van der Waals surface area contributed by atoms with Crippen molar-refractivity contribution < 1.29 is 4.42 Å². The molecule has 2 aromatic carbocycles. The van der Waals surface area contributed by atoms with E-state index in [2.05, 4.69) is 42.3 Å². The van der Waals surface area contributed by atoms with E-state index in [1.54, 1.807) is 0 Å². The molecule has 3 aromatic rings. The van der Waals surface area contributed by atoms with E-state index in [0.29, 0.717) is 6.01 Å². The largest absolute Gasteiger partial charge is 0.423 e. The van der Waals surface area contributed by atoms with Crippen molar-refractivity contribution in [2.45, 2.75) is 26.7 Å². The summed E-state index contributed by atoms with van der Waals surface area (Å²) in [5, 5.41) is 3.24. The second-order valence-corrected chi connectivity index (χ2v) is 5.01. The third kappa shape index (κ3) is 2.52. The van der Waals surface area contributed by atoms with Crippen LogP contribution in [0.4, 0.5) is 11.7 Å². The Balaban J connectivity index is 1.91. The summed E-state index contributed by atoms with van der Waals surface area (Å²) in [4.78, 5) is 4.47. The van der Waals surface area contributed by atoms with Crippen LogP contribution < -0.4 is 5.32 Å². The number of fused-ring (bicyclic) bond motifs is 1. The minimum atomic E-state index is 0.544. The maximum Gasteiger partial charge on any atom is 0.300 e. The Morgan fingerprint density at radius 1 is 1.15 bits per heavy atom. The summed E-state index contributed by atoms with van der Waals surface area (Å²) >= 11 is 0. The standard InChI is InChI=1S/C17H18N2O/c1-3-6-13-9-10-15-16(11-13)20-17(19-15)18-14-8-5-4-7-12(14)2/h4-5,7-11H,3,6H2,1-2H3,(H,18,19). The normalized spacial score (nSPS) is 10.9. The number of benzene rings is 2. The first kappa shape index (κ1) is 12.7. The molecule has 3 nitrogen and oxygen atoms in total. The second kappa shape index (κ2) is 5.37. The molecule has 0 atom stereocenters. The number of para-hydroxylation sites is 1. The average Bonchev–Trinajstić information content (AvgIpc) is 2.83. The number of hydrogen-bond acceptors (Lipinski definition) is 3. The van der Waals surface area contributed by atoms with Crippen LogP contribution in [0.25, 0.3) is 11.1 Å². The quantitative estimate of drug-likeness (QED) is 0.734. The van der Waals surface area contributed by atoms with Gasteiger partial charge in [-0.3, -0.25) is 0 Å². The zero-order valence-electron chi connectivity index (χ0n) is 11.8. The summed E-state index contributed by atoms with van der Waals surface area (Å²) in [6.45, 7) is 4.24. The van der Waals surface area contributed by atoms with Crippen molar-refractivity contribution in [3.63, 3.8) is 0 Å². The molecule has 1 heterocycles. The average molecular weight is 266 g/mol. The van der Waals surface area contributed by atoms with Gasteiger partial charge in [-0.15, -0.1) is 0 Å². The Labute approximate surface area is 118 Å². The van der Waals surface area contributed by atoms with Gasteiger partial charge >= 0.3 is 0 Å². The van der Waals surface area contributed by atoms with Crippen LogP contribution in [0.2, 0.25) is 0 Å². The highest BCUT2D eigenvalue weighted by atomic mass is 16.4. The molecule has 102 valence electrons. The molecule has 0 unspecified atom stereocenters. The summed E-state index contributed by atoms with van der Waals surface area (Å²) in [6.07, 6.45) is 2.20. The van der Waals surface area contributed by atoms with Crippen LogP contribution in [0, 0.1) is 6.92 Å². The van der Waals surface area contributed by atoms with Gasteiger partial charge in [-0.25, -0.2) is 0 Å². The molecule has 1 aromatic heterocycles. The summed E-state index contributed by atoms with van der Waals surface area (Å²) in [7, 11) is 0. The lowest BCUT2D eigenvalue weighted by atomic mass is 10.1. The molecule has 0 aliphatic heterocycles. The van der Waals surface area contributed by atoms with E-state index < -0.39 is 0 Å². The molecular formula is C17H18N2O. The van der Waals surface area contributed by atoms with Gasteiger partial charge in [-0.2, -0.15) is 4.98 Å². The van der Waals surface area contributed by atoms with Crippen LogP contribution in [-0.2, 0) is 6.42 Å². The highest BCUT2D eigenvalue weighted by Gasteiger charge is 2.07. The molecule has 0 fully saturated rings. The third-order valence-electron chi connectivity index (χ3n) is 3.38. The van der Waals surface area contributed by atoms with Gasteiger partial charge in [0.25, 0.3) is 6.01 Å². The Kier molecular flexibility index (Phi) is 3.42. The SMILES string of the molecule is CCCc1ccc2nc(Nc3ccccc3C)oc2c1. The van der Waals surface area contributed by atoms with E-state index >= 15 is 0 Å². The highest BCUT2D eigenvalue weighted by molar-refractivity contribution is 5.76. The Morgan fingerprint density at radius 2 is 2.00 bits per heavy atom. The fourth-order valence-electron chi connectivity index (χ4n) is 2.30. The Hall–Kier alpha value is -2.29. The maximum atomic E-state index is 5.79. The monoisotopic (exact) mass is 266 g/mol. The topological polar surface area (TPSA) is 38.1 Å². The van der Waals surface area contributed by atoms with Crippen LogP contribution in [0.5, 0.6) is 0 Å². The van der Waals surface area contributed by atoms with Crippen LogP contribution in [0.3, 0.4) is 0 Å². The first-order chi connectivity index (χ1) is 9.76. The molecule has 0 spiro atoms. The first-order valence-corrected chi connectivity index (χ1v) is 6.98. The molecule has 0 radical (unpaired) electrons. The van der Waals surface area contributed by atoms with E-state index in [1.165, 1.54) is 11.1 Å². The van der Waals surface area contributed by atoms with Crippen LogP contribution in [-0.4, -0.2) is 4.98 Å². The van der Waals surface area contributed by atoms with Gasteiger partial charge in [0.15, 0.2) is 5.58 Å². The lowest BCUT2D eigenvalue weighted by Gasteiger charge is -2.04. The molecule has 20 heavy (non-hydrogen) atoms. The van der Waals surface area contributed by atoms with Crippen LogP contribution >= 0.6 is 0 Å². The second-order valence-electron chi connectivity index (χ2n) is 5.01. The molecule has 0 saturated carbocycles. The molecule has 0 aliphatic rings. The number of hydrogen-bond donors (Lipinski definition) is 1. The number of oxazole rings is 1. The fourth-order valence-corrected chi connectivity index (χ4v) is 2.30. The van der Waals surface area contributed by atoms with E-state index in [4.69, 9.17) is 4.42 Å². The first-order valence-electron chi connectivity index (χ1n) is 6.98. The Morgan fingerprint density at radius 3 is 2.80 bits per heavy atom. The van der Waals surface area contributed by atoms with Crippen molar-refractivity contribution >= 4 is 22.8 Å². The predicted molar refractivity (Wildman–Crippen MR) is 82.5 cm³/mol. The van der Waals surface area contributed by atoms with Crippen molar-refractivity contribution in [2.75, 3.05) is 5.32 Å². The summed E-state index contributed by atoms with van der Waals surface area (Å²) < 4.78 is 5.79. The number of nitrogens with one attached hydrogen (secondary N) is 1. The van der Waals surface area contributed by atoms with Crippen molar-refractivity contribution in [3.8, 4) is 0 Å². The van der Waals surface area contributed by atoms with Gasteiger partial charge in [0, 0.05) is 5.69 Å². The van der Waals surface area contributed by atoms with Crippen LogP contribution in [0.15, 0.2) is 46.9 Å². The molecule has 1 N–H and O–H groups in total. The summed E-state index contributed by atoms with van der Waals surface area (Å²) in [6, 6.07) is 14.9. The molecule has 0 bridgehead atoms. The van der Waals surface area contributed by atoms with Crippen molar-refractivity contribution in [1.29, 1.82) is 0 Å². The molecular weight excluding hydrogens is 248 g/mol. The minimum absolute atomic E-state index is 0.544. The molecule has 3 rings (SSSR count). The van der Waals surface area contributed by atoms with E-state index in [-0.39, 0.29) is 0 Å². The third-order valence-corrected chi connectivity index (χ3v) is 3.38. The van der Waals surface area contributed by atoms with Gasteiger partial charge in [0.1, 0.15) is 5.52 Å². The van der Waals surface area contributed by atoms with Crippen LogP contribution in [0.1, 0.15) is 24.5 Å². The number of aryl methyl sites for hydroxylation is 2. The van der Waals surface area contributed by atoms with Gasteiger partial charge in [-0.05, 0) is 42.7 Å². The zero-order valence-corrected chi connectivity index (χ0v) is 11.8. The predicted octanol–water partition coefficient (Wildman–Crippen LogP) is 4.83. The summed E-state index contributed by atoms with van der Waals surface area (Å²) in [5.74, 6) is 0. The van der Waals surface area contributed by atoms with Gasteiger partial charge in [0.2, 0.25) is 0 Å². The lowest BCUT2D eigenvalue weighted by molar-refractivity contribution is 0.622. The van der Waals surface area contributed by atoms with Gasteiger partial charge in [0.05, 0.1) is 0 Å². The number of rotatable bonds is 4. The summed E-state index contributed by atoms with van der Waals surface area (Å²) in [5.41, 5.74) is 5.21. The molecule has 0 aliphatic carbocycles. The highest BCUT2D eigenvalue weighted by Crippen LogP contribution is 2.24. The fraction of sp³-hybridized carbons (Fsp3) is 0.235. The number of nitrogens with zero attached hydrogens (tertiary/aromatic N) is 1. The Bertz CT molecular complexity index is 731. The minimum Gasteiger partial charge on any atom is -0.423 e. The molecule has 0 saturated heterocycles.